The van der Waals surface area contributed by atoms with Gasteiger partial charge in [0.05, 0.1) is 0 Å². The molecule has 2 nitrogen and oxygen atoms in total. The highest BCUT2D eigenvalue weighted by Crippen LogP contribution is 2.31. The molecule has 100 valence electrons. The molecule has 1 aliphatic rings. The summed E-state index contributed by atoms with van der Waals surface area (Å²) in [7, 11) is 0. The topological polar surface area (TPSA) is 24.9 Å². The molecular weight excluding hydrogens is 220 g/mol. The van der Waals surface area contributed by atoms with Crippen LogP contribution >= 0.6 is 0 Å². The summed E-state index contributed by atoms with van der Waals surface area (Å²) >= 11 is 0. The summed E-state index contributed by atoms with van der Waals surface area (Å²) in [6, 6.07) is 2.77. The summed E-state index contributed by atoms with van der Waals surface area (Å²) in [6.07, 6.45) is 12.4. The molecule has 1 heterocycles. The summed E-state index contributed by atoms with van der Waals surface area (Å²) in [4.78, 5) is 4.34. The number of nitrogens with zero attached hydrogens (tertiary/aromatic N) is 1. The molecule has 1 aromatic rings. The van der Waals surface area contributed by atoms with E-state index >= 15 is 0 Å². The van der Waals surface area contributed by atoms with E-state index < -0.39 is 0 Å². The number of hydrogen-bond donors (Lipinski definition) is 1. The third kappa shape index (κ3) is 3.81. The van der Waals surface area contributed by atoms with Gasteiger partial charge in [-0.05, 0) is 36.9 Å². The van der Waals surface area contributed by atoms with Crippen molar-refractivity contribution in [1.82, 2.24) is 10.3 Å². The molecular formula is C16H26N2. The van der Waals surface area contributed by atoms with Crippen LogP contribution in [0.5, 0.6) is 0 Å². The fourth-order valence-corrected chi connectivity index (χ4v) is 3.11. The molecule has 1 N–H and O–H groups in total. The Hall–Kier alpha value is -0.890. The van der Waals surface area contributed by atoms with Crippen molar-refractivity contribution in [2.45, 2.75) is 58.4 Å². The Balaban J connectivity index is 2.02. The summed E-state index contributed by atoms with van der Waals surface area (Å²) in [5.74, 6) is 0.906. The third-order valence-electron chi connectivity index (χ3n) is 4.04. The van der Waals surface area contributed by atoms with Gasteiger partial charge < -0.3 is 5.32 Å². The van der Waals surface area contributed by atoms with Crippen molar-refractivity contribution in [2.75, 3.05) is 6.54 Å². The largest absolute Gasteiger partial charge is 0.310 e. The summed E-state index contributed by atoms with van der Waals surface area (Å²) in [6.45, 7) is 5.35. The summed E-state index contributed by atoms with van der Waals surface area (Å²) in [5, 5.41) is 3.63. The van der Waals surface area contributed by atoms with E-state index in [0.29, 0.717) is 6.04 Å². The number of hydrogen-bond acceptors (Lipinski definition) is 2. The Morgan fingerprint density at radius 2 is 2.06 bits per heavy atom. The molecule has 1 saturated carbocycles. The first-order chi connectivity index (χ1) is 8.79. The first-order valence-electron chi connectivity index (χ1n) is 7.44. The molecule has 0 radical (unpaired) electrons. The van der Waals surface area contributed by atoms with Gasteiger partial charge >= 0.3 is 0 Å². The van der Waals surface area contributed by atoms with E-state index in [1.165, 1.54) is 49.7 Å². The highest BCUT2D eigenvalue weighted by molar-refractivity contribution is 5.20. The SMILES string of the molecule is CCNC(CC1CCCCC1)c1cncc(C)c1. The molecule has 1 aromatic heterocycles. The van der Waals surface area contributed by atoms with Gasteiger partial charge in [0.2, 0.25) is 0 Å². The third-order valence-corrected chi connectivity index (χ3v) is 4.04. The van der Waals surface area contributed by atoms with Crippen molar-refractivity contribution in [3.63, 3.8) is 0 Å². The number of nitrogens with one attached hydrogen (secondary N) is 1. The van der Waals surface area contributed by atoms with Crippen LogP contribution in [0.3, 0.4) is 0 Å². The highest BCUT2D eigenvalue weighted by atomic mass is 14.9. The standard InChI is InChI=1S/C16H26N2/c1-3-18-16(10-14-7-5-4-6-8-14)15-9-13(2)11-17-12-15/h9,11-12,14,16,18H,3-8,10H2,1-2H3. The first kappa shape index (κ1) is 13.5. The van der Waals surface area contributed by atoms with Crippen LogP contribution in [0.15, 0.2) is 18.5 Å². The number of rotatable bonds is 5. The predicted octanol–water partition coefficient (Wildman–Crippen LogP) is 4.01. The van der Waals surface area contributed by atoms with E-state index in [9.17, 15) is 0 Å². The fraction of sp³-hybridized carbons (Fsp3) is 0.688. The van der Waals surface area contributed by atoms with Crippen LogP contribution in [0.25, 0.3) is 0 Å². The van der Waals surface area contributed by atoms with Gasteiger partial charge in [0, 0.05) is 18.4 Å². The van der Waals surface area contributed by atoms with Crippen LogP contribution in [0.1, 0.15) is 62.6 Å². The molecule has 0 bridgehead atoms. The van der Waals surface area contributed by atoms with Gasteiger partial charge in [-0.1, -0.05) is 45.1 Å². The van der Waals surface area contributed by atoms with Crippen LogP contribution in [-0.4, -0.2) is 11.5 Å². The minimum absolute atomic E-state index is 0.491. The van der Waals surface area contributed by atoms with E-state index in [4.69, 9.17) is 0 Å². The van der Waals surface area contributed by atoms with Gasteiger partial charge in [-0.2, -0.15) is 0 Å². The Labute approximate surface area is 111 Å². The molecule has 0 saturated heterocycles. The monoisotopic (exact) mass is 246 g/mol. The quantitative estimate of drug-likeness (QED) is 0.849. The average molecular weight is 246 g/mol. The first-order valence-corrected chi connectivity index (χ1v) is 7.44. The van der Waals surface area contributed by atoms with Crippen LogP contribution in [-0.2, 0) is 0 Å². The van der Waals surface area contributed by atoms with E-state index in [0.717, 1.165) is 12.5 Å². The van der Waals surface area contributed by atoms with E-state index in [1.54, 1.807) is 0 Å². The van der Waals surface area contributed by atoms with Gasteiger partial charge in [-0.25, -0.2) is 0 Å². The van der Waals surface area contributed by atoms with Crippen molar-refractivity contribution in [1.29, 1.82) is 0 Å². The number of aromatic nitrogens is 1. The molecule has 1 fully saturated rings. The second-order valence-electron chi connectivity index (χ2n) is 5.65. The minimum atomic E-state index is 0.491. The smallest absolute Gasteiger partial charge is 0.0338 e. The van der Waals surface area contributed by atoms with Gasteiger partial charge in [0.25, 0.3) is 0 Å². The molecule has 0 aromatic carbocycles. The lowest BCUT2D eigenvalue weighted by Gasteiger charge is -2.27. The Kier molecular flexibility index (Phi) is 5.18. The van der Waals surface area contributed by atoms with Crippen molar-refractivity contribution < 1.29 is 0 Å². The molecule has 1 atom stereocenters. The maximum Gasteiger partial charge on any atom is 0.0338 e. The van der Waals surface area contributed by atoms with Crippen LogP contribution < -0.4 is 5.32 Å². The molecule has 0 spiro atoms. The van der Waals surface area contributed by atoms with E-state index in [1.807, 2.05) is 12.4 Å². The zero-order valence-corrected chi connectivity index (χ0v) is 11.8. The molecule has 1 aliphatic carbocycles. The fourth-order valence-electron chi connectivity index (χ4n) is 3.11. The van der Waals surface area contributed by atoms with Crippen molar-refractivity contribution >= 4 is 0 Å². The molecule has 18 heavy (non-hydrogen) atoms. The summed E-state index contributed by atoms with van der Waals surface area (Å²) < 4.78 is 0. The van der Waals surface area contributed by atoms with E-state index in [2.05, 4.69) is 30.2 Å². The predicted molar refractivity (Wildman–Crippen MR) is 76.6 cm³/mol. The average Bonchev–Trinajstić information content (AvgIpc) is 2.39. The Morgan fingerprint density at radius 3 is 2.72 bits per heavy atom. The zero-order valence-electron chi connectivity index (χ0n) is 11.8. The van der Waals surface area contributed by atoms with E-state index in [-0.39, 0.29) is 0 Å². The van der Waals surface area contributed by atoms with Crippen molar-refractivity contribution in [2.24, 2.45) is 5.92 Å². The second-order valence-corrected chi connectivity index (χ2v) is 5.65. The molecule has 1 unspecified atom stereocenters. The molecule has 0 amide bonds. The summed E-state index contributed by atoms with van der Waals surface area (Å²) in [5.41, 5.74) is 2.63. The molecule has 2 rings (SSSR count). The van der Waals surface area contributed by atoms with Gasteiger partial charge in [-0.15, -0.1) is 0 Å². The van der Waals surface area contributed by atoms with Gasteiger partial charge in [0.15, 0.2) is 0 Å². The number of aryl methyl sites for hydroxylation is 1. The maximum absolute atomic E-state index is 4.34. The second kappa shape index (κ2) is 6.89. The lowest BCUT2D eigenvalue weighted by atomic mass is 9.83. The minimum Gasteiger partial charge on any atom is -0.310 e. The van der Waals surface area contributed by atoms with Crippen molar-refractivity contribution in [3.8, 4) is 0 Å². The zero-order chi connectivity index (χ0) is 12.8. The molecule has 0 aliphatic heterocycles. The molecule has 2 heteroatoms. The van der Waals surface area contributed by atoms with Crippen molar-refractivity contribution in [3.05, 3.63) is 29.6 Å². The lowest BCUT2D eigenvalue weighted by molar-refractivity contribution is 0.301. The normalized spacial score (nSPS) is 18.8. The van der Waals surface area contributed by atoms with Crippen LogP contribution in [0, 0.1) is 12.8 Å². The Morgan fingerprint density at radius 1 is 1.28 bits per heavy atom. The number of pyridine rings is 1. The highest BCUT2D eigenvalue weighted by Gasteiger charge is 2.19. The van der Waals surface area contributed by atoms with Gasteiger partial charge in [0.1, 0.15) is 0 Å². The maximum atomic E-state index is 4.34. The Bertz CT molecular complexity index is 356. The lowest BCUT2D eigenvalue weighted by Crippen LogP contribution is -2.24. The van der Waals surface area contributed by atoms with Crippen LogP contribution in [0.4, 0.5) is 0 Å². The van der Waals surface area contributed by atoms with Crippen LogP contribution in [0.2, 0.25) is 0 Å². The van der Waals surface area contributed by atoms with Gasteiger partial charge in [-0.3, -0.25) is 4.98 Å².